The molecule has 3 heteroatoms. The van der Waals surface area contributed by atoms with Gasteiger partial charge in [0.25, 0.3) is 0 Å². The van der Waals surface area contributed by atoms with Gasteiger partial charge < -0.3 is 5.32 Å². The number of nitrogens with one attached hydrogen (secondary N) is 1. The Morgan fingerprint density at radius 3 is 2.42 bits per heavy atom. The lowest BCUT2D eigenvalue weighted by Crippen LogP contribution is -2.02. The molecular weight excluding hydrogens is 239 g/mol. The van der Waals surface area contributed by atoms with Gasteiger partial charge in [0.2, 0.25) is 0 Å². The summed E-state index contributed by atoms with van der Waals surface area (Å²) in [5.74, 6) is -0.323. The number of hydrogen-bond donors (Lipinski definition) is 1. The third-order valence-corrected chi connectivity index (χ3v) is 2.89. The van der Waals surface area contributed by atoms with Gasteiger partial charge in [-0.25, -0.2) is 4.39 Å². The maximum Gasteiger partial charge on any atom is 0.123 e. The molecule has 0 unspecified atom stereocenters. The van der Waals surface area contributed by atoms with E-state index in [0.717, 1.165) is 5.69 Å². The minimum absolute atomic E-state index is 0.323. The lowest BCUT2D eigenvalue weighted by molar-refractivity contribution is 0.625. The first kappa shape index (κ1) is 13.1. The average molecular weight is 254 g/mol. The molecule has 0 bridgehead atoms. The van der Waals surface area contributed by atoms with Gasteiger partial charge in [-0.2, -0.15) is 5.26 Å². The van der Waals surface area contributed by atoms with Crippen molar-refractivity contribution >= 4 is 5.69 Å². The fourth-order valence-electron chi connectivity index (χ4n) is 2.09. The second-order valence-corrected chi connectivity index (χ2v) is 4.64. The molecule has 0 aliphatic rings. The Hall–Kier alpha value is -2.34. The van der Waals surface area contributed by atoms with Crippen LogP contribution in [0.1, 0.15) is 22.3 Å². The van der Waals surface area contributed by atoms with Crippen LogP contribution in [0.15, 0.2) is 36.4 Å². The fraction of sp³-hybridized carbons (Fsp3) is 0.188. The van der Waals surface area contributed by atoms with Crippen molar-refractivity contribution in [3.63, 3.8) is 0 Å². The quantitative estimate of drug-likeness (QED) is 0.900. The Bertz CT molecular complexity index is 621. The van der Waals surface area contributed by atoms with Crippen molar-refractivity contribution in [2.45, 2.75) is 20.4 Å². The molecule has 0 radical (unpaired) electrons. The third kappa shape index (κ3) is 3.32. The number of aryl methyl sites for hydroxylation is 2. The Kier molecular flexibility index (Phi) is 3.82. The lowest BCUT2D eigenvalue weighted by Gasteiger charge is -2.10. The Labute approximate surface area is 112 Å². The van der Waals surface area contributed by atoms with Crippen molar-refractivity contribution < 1.29 is 4.39 Å². The van der Waals surface area contributed by atoms with Crippen molar-refractivity contribution in [3.8, 4) is 6.07 Å². The van der Waals surface area contributed by atoms with Crippen LogP contribution in [0.2, 0.25) is 0 Å². The van der Waals surface area contributed by atoms with Crippen molar-refractivity contribution in [3.05, 3.63) is 64.5 Å². The predicted octanol–water partition coefficient (Wildman–Crippen LogP) is 3.93. The summed E-state index contributed by atoms with van der Waals surface area (Å²) in [7, 11) is 0. The van der Waals surface area contributed by atoms with E-state index in [2.05, 4.69) is 17.5 Å². The van der Waals surface area contributed by atoms with E-state index < -0.39 is 0 Å². The molecule has 0 fully saturated rings. The second-order valence-electron chi connectivity index (χ2n) is 4.64. The van der Waals surface area contributed by atoms with E-state index in [1.165, 1.54) is 29.3 Å². The van der Waals surface area contributed by atoms with Crippen LogP contribution < -0.4 is 5.32 Å². The monoisotopic (exact) mass is 254 g/mol. The van der Waals surface area contributed by atoms with E-state index in [1.54, 1.807) is 0 Å². The predicted molar refractivity (Wildman–Crippen MR) is 74.4 cm³/mol. The molecule has 1 N–H and O–H groups in total. The van der Waals surface area contributed by atoms with Crippen molar-refractivity contribution in [2.24, 2.45) is 0 Å². The molecule has 2 rings (SSSR count). The zero-order valence-corrected chi connectivity index (χ0v) is 11.0. The Morgan fingerprint density at radius 2 is 1.79 bits per heavy atom. The SMILES string of the molecule is Cc1cc(C)cc(NCc2cc(F)ccc2C#N)c1. The number of anilines is 1. The summed E-state index contributed by atoms with van der Waals surface area (Å²) < 4.78 is 13.2. The van der Waals surface area contributed by atoms with Gasteiger partial charge in [-0.3, -0.25) is 0 Å². The first-order valence-corrected chi connectivity index (χ1v) is 6.09. The summed E-state index contributed by atoms with van der Waals surface area (Å²) in [4.78, 5) is 0. The zero-order valence-electron chi connectivity index (χ0n) is 11.0. The van der Waals surface area contributed by atoms with Crippen LogP contribution in [-0.2, 0) is 6.54 Å². The standard InChI is InChI=1S/C16H15FN2/c1-11-5-12(2)7-16(6-11)19-10-14-8-15(17)4-3-13(14)9-18/h3-8,19H,10H2,1-2H3. The van der Waals surface area contributed by atoms with Gasteiger partial charge in [-0.1, -0.05) is 6.07 Å². The van der Waals surface area contributed by atoms with E-state index in [0.29, 0.717) is 17.7 Å². The van der Waals surface area contributed by atoms with Crippen LogP contribution in [0, 0.1) is 31.0 Å². The first-order valence-electron chi connectivity index (χ1n) is 6.09. The molecule has 0 saturated heterocycles. The molecule has 2 nitrogen and oxygen atoms in total. The van der Waals surface area contributed by atoms with E-state index in [9.17, 15) is 4.39 Å². The molecule has 19 heavy (non-hydrogen) atoms. The molecule has 2 aromatic carbocycles. The summed E-state index contributed by atoms with van der Waals surface area (Å²) in [6.07, 6.45) is 0. The smallest absolute Gasteiger partial charge is 0.123 e. The number of nitrogens with zero attached hydrogens (tertiary/aromatic N) is 1. The van der Waals surface area contributed by atoms with E-state index in [-0.39, 0.29) is 5.82 Å². The van der Waals surface area contributed by atoms with Crippen LogP contribution in [0.25, 0.3) is 0 Å². The number of nitriles is 1. The summed E-state index contributed by atoms with van der Waals surface area (Å²) in [5, 5.41) is 12.2. The van der Waals surface area contributed by atoms with Crippen molar-refractivity contribution in [2.75, 3.05) is 5.32 Å². The molecule has 0 aliphatic heterocycles. The number of rotatable bonds is 3. The molecular formula is C16H15FN2. The highest BCUT2D eigenvalue weighted by Gasteiger charge is 2.04. The van der Waals surface area contributed by atoms with Gasteiger partial charge in [0, 0.05) is 12.2 Å². The molecule has 0 amide bonds. The van der Waals surface area contributed by atoms with Crippen LogP contribution in [0.5, 0.6) is 0 Å². The molecule has 2 aromatic rings. The van der Waals surface area contributed by atoms with Crippen molar-refractivity contribution in [1.29, 1.82) is 5.26 Å². The van der Waals surface area contributed by atoms with Crippen LogP contribution in [-0.4, -0.2) is 0 Å². The highest BCUT2D eigenvalue weighted by Crippen LogP contribution is 2.17. The van der Waals surface area contributed by atoms with Crippen LogP contribution >= 0.6 is 0 Å². The molecule has 0 aromatic heterocycles. The topological polar surface area (TPSA) is 35.8 Å². The van der Waals surface area contributed by atoms with Gasteiger partial charge in [0.15, 0.2) is 0 Å². The zero-order chi connectivity index (χ0) is 13.8. The maximum absolute atomic E-state index is 13.2. The number of benzene rings is 2. The molecule has 0 saturated carbocycles. The van der Waals surface area contributed by atoms with Gasteiger partial charge in [-0.05, 0) is 60.9 Å². The molecule has 96 valence electrons. The Morgan fingerprint density at radius 1 is 1.11 bits per heavy atom. The summed E-state index contributed by atoms with van der Waals surface area (Å²) >= 11 is 0. The highest BCUT2D eigenvalue weighted by molar-refractivity contribution is 5.50. The molecule has 0 aliphatic carbocycles. The summed E-state index contributed by atoms with van der Waals surface area (Å²) in [6, 6.07) is 12.4. The van der Waals surface area contributed by atoms with Gasteiger partial charge in [0.05, 0.1) is 11.6 Å². The van der Waals surface area contributed by atoms with E-state index in [4.69, 9.17) is 5.26 Å². The molecule has 0 atom stereocenters. The minimum atomic E-state index is -0.323. The fourth-order valence-corrected chi connectivity index (χ4v) is 2.09. The average Bonchev–Trinajstić information content (AvgIpc) is 2.35. The molecule has 0 heterocycles. The number of halogens is 1. The van der Waals surface area contributed by atoms with Crippen LogP contribution in [0.3, 0.4) is 0 Å². The highest BCUT2D eigenvalue weighted by atomic mass is 19.1. The van der Waals surface area contributed by atoms with E-state index in [1.807, 2.05) is 26.0 Å². The Balaban J connectivity index is 2.19. The largest absolute Gasteiger partial charge is 0.381 e. The molecule has 0 spiro atoms. The maximum atomic E-state index is 13.2. The normalized spacial score (nSPS) is 10.0. The second kappa shape index (κ2) is 5.53. The van der Waals surface area contributed by atoms with Crippen LogP contribution in [0.4, 0.5) is 10.1 Å². The third-order valence-electron chi connectivity index (χ3n) is 2.89. The first-order chi connectivity index (χ1) is 9.08. The lowest BCUT2D eigenvalue weighted by atomic mass is 10.1. The van der Waals surface area contributed by atoms with Gasteiger partial charge >= 0.3 is 0 Å². The van der Waals surface area contributed by atoms with Gasteiger partial charge in [-0.15, -0.1) is 0 Å². The van der Waals surface area contributed by atoms with Crippen molar-refractivity contribution in [1.82, 2.24) is 0 Å². The summed E-state index contributed by atoms with van der Waals surface area (Å²) in [6.45, 7) is 4.49. The van der Waals surface area contributed by atoms with Gasteiger partial charge in [0.1, 0.15) is 5.82 Å². The minimum Gasteiger partial charge on any atom is -0.381 e. The number of hydrogen-bond acceptors (Lipinski definition) is 2. The van der Waals surface area contributed by atoms with E-state index >= 15 is 0 Å². The summed E-state index contributed by atoms with van der Waals surface area (Å²) in [5.41, 5.74) is 4.48.